The third-order valence-electron chi connectivity index (χ3n) is 16.2. The Balaban J connectivity index is 1.37. The molecule has 2 N–H and O–H groups in total. The fraction of sp³-hybridized carbons (Fsp3) is 0.576. The van der Waals surface area contributed by atoms with Crippen LogP contribution in [0.3, 0.4) is 0 Å². The summed E-state index contributed by atoms with van der Waals surface area (Å²) >= 11 is 0. The number of cyclic esters (lactones) is 1. The van der Waals surface area contributed by atoms with Gasteiger partial charge < -0.3 is 33.6 Å². The van der Waals surface area contributed by atoms with Gasteiger partial charge in [0.25, 0.3) is 14.2 Å². The van der Waals surface area contributed by atoms with Gasteiger partial charge in [-0.3, -0.25) is 38.9 Å². The number of hydrazine groups is 1. The number of hydrogen-bond donors (Lipinski definition) is 2. The van der Waals surface area contributed by atoms with Crippen LogP contribution in [0.1, 0.15) is 113 Å². The molecule has 18 heteroatoms. The second kappa shape index (κ2) is 23.8. The van der Waals surface area contributed by atoms with Crippen molar-refractivity contribution in [3.05, 3.63) is 71.5 Å². The van der Waals surface area contributed by atoms with Gasteiger partial charge in [0.2, 0.25) is 17.7 Å². The minimum atomic E-state index is -2.55. The zero-order valence-corrected chi connectivity index (χ0v) is 49.2. The van der Waals surface area contributed by atoms with Gasteiger partial charge in [-0.1, -0.05) is 88.3 Å². The quantitative estimate of drug-likeness (QED) is 0.0661. The summed E-state index contributed by atoms with van der Waals surface area (Å²) in [4.78, 5) is 92.0. The summed E-state index contributed by atoms with van der Waals surface area (Å²) in [5, 5.41) is 5.59. The van der Waals surface area contributed by atoms with Crippen molar-refractivity contribution in [2.45, 2.75) is 163 Å². The number of carbonyl (C=O) groups excluding carboxylic acids is 6. The van der Waals surface area contributed by atoms with Crippen LogP contribution in [0.5, 0.6) is 5.75 Å². The number of aromatic nitrogens is 2. The third-order valence-corrected chi connectivity index (χ3v) is 22.2. The lowest BCUT2D eigenvalue weighted by atomic mass is 9.84. The van der Waals surface area contributed by atoms with E-state index in [1.165, 1.54) is 46.5 Å². The fourth-order valence-electron chi connectivity index (χ4n) is 12.2. The van der Waals surface area contributed by atoms with Crippen LogP contribution in [0.2, 0.25) is 16.6 Å². The van der Waals surface area contributed by atoms with Crippen LogP contribution < -0.4 is 15.2 Å². The van der Waals surface area contributed by atoms with E-state index in [0.29, 0.717) is 31.6 Å². The van der Waals surface area contributed by atoms with Crippen LogP contribution >= 0.6 is 0 Å². The van der Waals surface area contributed by atoms with Gasteiger partial charge in [-0.2, -0.15) is 0 Å². The molecule has 2 aromatic heterocycles. The van der Waals surface area contributed by atoms with E-state index in [4.69, 9.17) is 13.9 Å². The predicted octanol–water partition coefficient (Wildman–Crippen LogP) is 8.55. The van der Waals surface area contributed by atoms with Crippen molar-refractivity contribution in [3.63, 3.8) is 0 Å². The number of amides is 5. The topological polar surface area (TPSA) is 185 Å². The first kappa shape index (κ1) is 58.4. The molecule has 0 saturated carbocycles. The van der Waals surface area contributed by atoms with Crippen LogP contribution in [-0.2, 0) is 59.3 Å². The van der Waals surface area contributed by atoms with Crippen LogP contribution in [0, 0.1) is 11.3 Å². The van der Waals surface area contributed by atoms with E-state index < -0.39 is 79.5 Å². The first-order chi connectivity index (χ1) is 36.4. The third kappa shape index (κ3) is 12.2. The average molecular weight is 1080 g/mol. The molecule has 4 aromatic rings. The number of aryl methyl sites for hydroxylation is 2. The molecule has 5 amide bonds. The lowest BCUT2D eigenvalue weighted by Gasteiger charge is -2.42. The number of esters is 1. The SMILES string of the molecule is CCc1ccncc1-c1c2c3cc(ccc3n1CC)-c1cc(cc(O[Si](C(C)C)(C(C)C)C(C)C)c1)C[C@H](NC(=O)[C@H](C(C)C)N(C)C(=O)CN(C)C(=O)[C@H]1CN1C(=O)OC)C(=O)N1CCC[C@H](N1)C(=O)OCC(C)(C)C2. The van der Waals surface area contributed by atoms with Crippen molar-refractivity contribution in [1.82, 2.24) is 40.0 Å². The Labute approximate surface area is 456 Å². The zero-order valence-electron chi connectivity index (χ0n) is 48.2. The van der Waals surface area contributed by atoms with Gasteiger partial charge >= 0.3 is 12.1 Å². The minimum absolute atomic E-state index is 0.0400. The molecule has 3 aliphatic heterocycles. The van der Waals surface area contributed by atoms with Gasteiger partial charge in [0.1, 0.15) is 29.9 Å². The highest BCUT2D eigenvalue weighted by Crippen LogP contribution is 2.45. The number of likely N-dealkylation sites (N-methyl/N-ethyl adjacent to an activating group) is 2. The van der Waals surface area contributed by atoms with E-state index in [1.807, 2.05) is 32.3 Å². The second-order valence-electron chi connectivity index (χ2n) is 23.5. The minimum Gasteiger partial charge on any atom is -0.543 e. The first-order valence-electron chi connectivity index (χ1n) is 27.7. The van der Waals surface area contributed by atoms with E-state index in [9.17, 15) is 24.0 Å². The molecular weight excluding hydrogens is 993 g/mol. The van der Waals surface area contributed by atoms with Crippen LogP contribution in [0.15, 0.2) is 54.9 Å². The standard InChI is InChI=1S/C59H84N8O9Si/c1-16-40-22-23-60-31-46(40)53-45-30-59(11,12)34-75-57(72)47-19-18-24-67(62-47)55(70)48(61-54(69)52(35(3)4)64(14)51(68)33-63(13)56(71)50-32-66(50)58(73)74-15)27-39-25-42(41-20-21-49(44(45)29-41)65(53)17-2)28-43(26-39)76-77(36(5)6,37(7)8)38(9)10/h20-23,25-26,28-29,31,35-38,47-48,50,52,62H,16-19,24,27,30,32-34H2,1-15H3,(H,61,69)/t47-,48-,50+,52-,66?/m0/s1. The molecule has 0 aliphatic carbocycles. The number of benzene rings is 2. The monoisotopic (exact) mass is 1080 g/mol. The largest absolute Gasteiger partial charge is 0.543 e. The molecule has 0 unspecified atom stereocenters. The maximum atomic E-state index is 15.2. The maximum Gasteiger partial charge on any atom is 0.410 e. The van der Waals surface area contributed by atoms with Gasteiger partial charge in [-0.25, -0.2) is 10.2 Å². The molecule has 7 rings (SSSR count). The summed E-state index contributed by atoms with van der Waals surface area (Å²) < 4.78 is 20.8. The van der Waals surface area contributed by atoms with Crippen molar-refractivity contribution in [3.8, 4) is 28.1 Å². The average Bonchev–Trinajstić information content (AvgIpc) is 4.16. The molecule has 418 valence electrons. The molecular formula is C59H84N8O9Si. The van der Waals surface area contributed by atoms with Crippen molar-refractivity contribution < 1.29 is 42.7 Å². The smallest absolute Gasteiger partial charge is 0.410 e. The molecule has 2 aromatic carbocycles. The normalized spacial score (nSPS) is 19.3. The molecule has 4 atom stereocenters. The highest BCUT2D eigenvalue weighted by Gasteiger charge is 2.48. The van der Waals surface area contributed by atoms with Gasteiger partial charge in [-0.15, -0.1) is 0 Å². The highest BCUT2D eigenvalue weighted by atomic mass is 28.4. The van der Waals surface area contributed by atoms with Crippen LogP contribution in [0.25, 0.3) is 33.3 Å². The van der Waals surface area contributed by atoms with Gasteiger partial charge in [0.05, 0.1) is 32.5 Å². The van der Waals surface area contributed by atoms with E-state index in [2.05, 4.69) is 126 Å². The van der Waals surface area contributed by atoms with Crippen molar-refractivity contribution >= 4 is 54.9 Å². The lowest BCUT2D eigenvalue weighted by molar-refractivity contribution is -0.155. The summed E-state index contributed by atoms with van der Waals surface area (Å²) in [5.41, 5.74) is 11.6. The summed E-state index contributed by atoms with van der Waals surface area (Å²) in [7, 11) is 1.67. The first-order valence-corrected chi connectivity index (χ1v) is 29.8. The molecule has 2 fully saturated rings. The Morgan fingerprint density at radius 3 is 2.29 bits per heavy atom. The van der Waals surface area contributed by atoms with Crippen molar-refractivity contribution in [1.29, 1.82) is 0 Å². The Hall–Kier alpha value is -6.27. The molecule has 3 aliphatic rings. The molecule has 6 bridgehead atoms. The summed E-state index contributed by atoms with van der Waals surface area (Å²) in [5.74, 6) is -2.16. The summed E-state index contributed by atoms with van der Waals surface area (Å²) in [6, 6.07) is 11.1. The number of methoxy groups -OCH3 is 1. The Kier molecular flexibility index (Phi) is 18.0. The van der Waals surface area contributed by atoms with Crippen molar-refractivity contribution in [2.75, 3.05) is 47.4 Å². The molecule has 77 heavy (non-hydrogen) atoms. The molecule has 0 spiro atoms. The molecule has 0 radical (unpaired) electrons. The number of nitrogens with one attached hydrogen (secondary N) is 2. The van der Waals surface area contributed by atoms with E-state index >= 15 is 4.79 Å². The summed E-state index contributed by atoms with van der Waals surface area (Å²) in [6.45, 7) is 26.6. The number of rotatable bonds is 15. The van der Waals surface area contributed by atoms with Gasteiger partial charge in [0.15, 0.2) is 0 Å². The Morgan fingerprint density at radius 2 is 1.65 bits per heavy atom. The highest BCUT2D eigenvalue weighted by molar-refractivity contribution is 6.78. The number of pyridine rings is 1. The van der Waals surface area contributed by atoms with Gasteiger partial charge in [-0.05, 0) is 113 Å². The Morgan fingerprint density at radius 1 is 0.948 bits per heavy atom. The molecule has 5 heterocycles. The molecule has 17 nitrogen and oxygen atoms in total. The maximum absolute atomic E-state index is 15.2. The summed E-state index contributed by atoms with van der Waals surface area (Å²) in [6.07, 6.45) is 5.57. The number of carbonyl (C=O) groups is 6. The van der Waals surface area contributed by atoms with Crippen molar-refractivity contribution in [2.24, 2.45) is 11.3 Å². The van der Waals surface area contributed by atoms with Crippen LogP contribution in [0.4, 0.5) is 4.79 Å². The fourth-order valence-corrected chi connectivity index (χ4v) is 17.4. The number of nitrogens with zero attached hydrogens (tertiary/aromatic N) is 6. The zero-order chi connectivity index (χ0) is 56.4. The van der Waals surface area contributed by atoms with E-state index in [0.717, 1.165) is 50.8 Å². The van der Waals surface area contributed by atoms with E-state index in [1.54, 1.807) is 0 Å². The van der Waals surface area contributed by atoms with Crippen LogP contribution in [-0.4, -0.2) is 145 Å². The predicted molar refractivity (Wildman–Crippen MR) is 301 cm³/mol. The molecule has 2 saturated heterocycles. The number of ether oxygens (including phenoxy) is 2. The van der Waals surface area contributed by atoms with E-state index in [-0.39, 0.29) is 49.3 Å². The number of hydrogen-bond acceptors (Lipinski definition) is 11. The second-order valence-corrected chi connectivity index (χ2v) is 28.9. The lowest BCUT2D eigenvalue weighted by Crippen LogP contribution is -2.62. The number of fused-ring (bicyclic) bond motifs is 6. The van der Waals surface area contributed by atoms with Gasteiger partial charge in [0, 0.05) is 67.9 Å². The Bertz CT molecular complexity index is 2840.